The highest BCUT2D eigenvalue weighted by molar-refractivity contribution is 6.05. The van der Waals surface area contributed by atoms with E-state index in [0.29, 0.717) is 11.4 Å². The molecule has 0 spiro atoms. The molecule has 88 valence electrons. The molecule has 0 bridgehead atoms. The number of nitrogens with zero attached hydrogens (tertiary/aromatic N) is 1. The Balaban J connectivity index is 2.51. The van der Waals surface area contributed by atoms with Crippen molar-refractivity contribution in [2.45, 2.75) is 13.8 Å². The highest BCUT2D eigenvalue weighted by Crippen LogP contribution is 2.27. The Morgan fingerprint density at radius 2 is 2.06 bits per heavy atom. The van der Waals surface area contributed by atoms with Crippen molar-refractivity contribution in [3.8, 4) is 0 Å². The topological polar surface area (TPSA) is 68.0 Å². The first-order chi connectivity index (χ1) is 8.09. The molecule has 2 rings (SSSR count). The van der Waals surface area contributed by atoms with E-state index in [1.54, 1.807) is 6.20 Å². The van der Waals surface area contributed by atoms with Crippen LogP contribution in [0.1, 0.15) is 13.8 Å². The van der Waals surface area contributed by atoms with Crippen LogP contribution in [0.15, 0.2) is 30.5 Å². The Morgan fingerprint density at radius 1 is 1.35 bits per heavy atom. The Morgan fingerprint density at radius 3 is 2.76 bits per heavy atom. The van der Waals surface area contributed by atoms with Crippen LogP contribution in [0.25, 0.3) is 10.9 Å². The van der Waals surface area contributed by atoms with Crippen LogP contribution in [-0.4, -0.2) is 10.9 Å². The molecule has 1 aromatic heterocycles. The van der Waals surface area contributed by atoms with Gasteiger partial charge in [0.15, 0.2) is 0 Å². The maximum atomic E-state index is 11.7. The summed E-state index contributed by atoms with van der Waals surface area (Å²) in [6.45, 7) is 3.68. The zero-order valence-electron chi connectivity index (χ0n) is 9.90. The number of amides is 1. The Kier molecular flexibility index (Phi) is 2.95. The van der Waals surface area contributed by atoms with Gasteiger partial charge in [0.25, 0.3) is 0 Å². The van der Waals surface area contributed by atoms with E-state index in [9.17, 15) is 4.79 Å². The lowest BCUT2D eigenvalue weighted by molar-refractivity contribution is -0.118. The van der Waals surface area contributed by atoms with Gasteiger partial charge in [-0.25, -0.2) is 0 Å². The molecule has 3 N–H and O–H groups in total. The molecule has 0 saturated heterocycles. The van der Waals surface area contributed by atoms with E-state index in [2.05, 4.69) is 10.3 Å². The van der Waals surface area contributed by atoms with E-state index >= 15 is 0 Å². The van der Waals surface area contributed by atoms with Crippen LogP contribution in [0.2, 0.25) is 0 Å². The third-order valence-electron chi connectivity index (χ3n) is 2.58. The second-order valence-corrected chi connectivity index (χ2v) is 4.25. The molecule has 1 heterocycles. The maximum absolute atomic E-state index is 11.7. The van der Waals surface area contributed by atoms with Crippen molar-refractivity contribution in [2.75, 3.05) is 11.1 Å². The fraction of sp³-hybridized carbons (Fsp3) is 0.231. The smallest absolute Gasteiger partial charge is 0.226 e. The van der Waals surface area contributed by atoms with Gasteiger partial charge >= 0.3 is 0 Å². The Labute approximate surface area is 99.8 Å². The molecule has 0 atom stereocenters. The van der Waals surface area contributed by atoms with Gasteiger partial charge in [0.2, 0.25) is 5.91 Å². The first-order valence-corrected chi connectivity index (χ1v) is 5.53. The van der Waals surface area contributed by atoms with Crippen molar-refractivity contribution in [1.29, 1.82) is 0 Å². The second kappa shape index (κ2) is 4.41. The Bertz CT molecular complexity index is 564. The monoisotopic (exact) mass is 229 g/mol. The minimum absolute atomic E-state index is 0.0481. The van der Waals surface area contributed by atoms with Gasteiger partial charge in [0, 0.05) is 11.3 Å². The predicted molar refractivity (Wildman–Crippen MR) is 69.6 cm³/mol. The van der Waals surface area contributed by atoms with Crippen LogP contribution in [0.5, 0.6) is 0 Å². The minimum Gasteiger partial charge on any atom is -0.396 e. The maximum Gasteiger partial charge on any atom is 0.226 e. The van der Waals surface area contributed by atoms with Crippen molar-refractivity contribution < 1.29 is 4.79 Å². The van der Waals surface area contributed by atoms with Crippen molar-refractivity contribution >= 4 is 28.2 Å². The molecule has 0 unspecified atom stereocenters. The van der Waals surface area contributed by atoms with Crippen molar-refractivity contribution in [2.24, 2.45) is 5.92 Å². The highest BCUT2D eigenvalue weighted by Gasteiger charge is 2.12. The van der Waals surface area contributed by atoms with Gasteiger partial charge in [0.05, 0.1) is 23.1 Å². The summed E-state index contributed by atoms with van der Waals surface area (Å²) in [4.78, 5) is 15.9. The first-order valence-electron chi connectivity index (χ1n) is 5.53. The van der Waals surface area contributed by atoms with Gasteiger partial charge in [-0.2, -0.15) is 0 Å². The summed E-state index contributed by atoms with van der Waals surface area (Å²) in [5.41, 5.74) is 7.81. The van der Waals surface area contributed by atoms with E-state index in [4.69, 9.17) is 5.73 Å². The van der Waals surface area contributed by atoms with E-state index < -0.39 is 0 Å². The number of para-hydroxylation sites is 1. The highest BCUT2D eigenvalue weighted by atomic mass is 16.1. The summed E-state index contributed by atoms with van der Waals surface area (Å²) >= 11 is 0. The Hall–Kier alpha value is -2.10. The molecular weight excluding hydrogens is 214 g/mol. The lowest BCUT2D eigenvalue weighted by atomic mass is 10.1. The number of pyridine rings is 1. The van der Waals surface area contributed by atoms with Gasteiger partial charge in [-0.05, 0) is 6.07 Å². The van der Waals surface area contributed by atoms with Crippen LogP contribution >= 0.6 is 0 Å². The number of nitrogen functional groups attached to an aromatic ring is 1. The zero-order valence-corrected chi connectivity index (χ0v) is 9.90. The molecule has 1 amide bonds. The van der Waals surface area contributed by atoms with Crippen molar-refractivity contribution in [3.05, 3.63) is 30.5 Å². The van der Waals surface area contributed by atoms with Gasteiger partial charge in [-0.1, -0.05) is 32.0 Å². The standard InChI is InChI=1S/C13H15N3O/c1-8(2)13(17)16-12-9-5-3-4-6-11(9)15-7-10(12)14/h3-8H,14H2,1-2H3,(H,15,16,17). The van der Waals surface area contributed by atoms with Crippen LogP contribution in [0.3, 0.4) is 0 Å². The van der Waals surface area contributed by atoms with Crippen LogP contribution in [-0.2, 0) is 4.79 Å². The number of fused-ring (bicyclic) bond motifs is 1. The number of nitrogens with one attached hydrogen (secondary N) is 1. The normalized spacial score (nSPS) is 10.8. The summed E-state index contributed by atoms with van der Waals surface area (Å²) in [7, 11) is 0. The van der Waals surface area contributed by atoms with E-state index in [1.165, 1.54) is 0 Å². The fourth-order valence-corrected chi connectivity index (χ4v) is 1.56. The number of carbonyl (C=O) groups excluding carboxylic acids is 1. The second-order valence-electron chi connectivity index (χ2n) is 4.25. The third-order valence-corrected chi connectivity index (χ3v) is 2.58. The molecular formula is C13H15N3O. The number of anilines is 2. The van der Waals surface area contributed by atoms with Gasteiger partial charge < -0.3 is 11.1 Å². The largest absolute Gasteiger partial charge is 0.396 e. The molecule has 2 aromatic rings. The number of hydrogen-bond acceptors (Lipinski definition) is 3. The summed E-state index contributed by atoms with van der Waals surface area (Å²) in [5.74, 6) is -0.130. The number of hydrogen-bond donors (Lipinski definition) is 2. The summed E-state index contributed by atoms with van der Waals surface area (Å²) in [6, 6.07) is 7.59. The quantitative estimate of drug-likeness (QED) is 0.830. The molecule has 0 aliphatic rings. The lowest BCUT2D eigenvalue weighted by Gasteiger charge is -2.12. The SMILES string of the molecule is CC(C)C(=O)Nc1c(N)cnc2ccccc12. The third kappa shape index (κ3) is 2.20. The van der Waals surface area contributed by atoms with E-state index in [-0.39, 0.29) is 11.8 Å². The molecule has 0 fully saturated rings. The summed E-state index contributed by atoms with van der Waals surface area (Å²) < 4.78 is 0. The number of nitrogens with two attached hydrogens (primary N) is 1. The molecule has 0 aliphatic heterocycles. The molecule has 17 heavy (non-hydrogen) atoms. The minimum atomic E-state index is -0.0821. The number of aromatic nitrogens is 1. The van der Waals surface area contributed by atoms with Gasteiger partial charge in [-0.15, -0.1) is 0 Å². The van der Waals surface area contributed by atoms with Crippen LogP contribution < -0.4 is 11.1 Å². The number of rotatable bonds is 2. The van der Waals surface area contributed by atoms with Gasteiger partial charge in [-0.3, -0.25) is 9.78 Å². The average Bonchev–Trinajstić information content (AvgIpc) is 2.32. The average molecular weight is 229 g/mol. The fourth-order valence-electron chi connectivity index (χ4n) is 1.56. The summed E-state index contributed by atoms with van der Waals surface area (Å²) in [6.07, 6.45) is 1.57. The van der Waals surface area contributed by atoms with Crippen molar-refractivity contribution in [3.63, 3.8) is 0 Å². The molecule has 0 saturated carbocycles. The van der Waals surface area contributed by atoms with Crippen molar-refractivity contribution in [1.82, 2.24) is 4.98 Å². The molecule has 4 heteroatoms. The van der Waals surface area contributed by atoms with E-state index in [1.807, 2.05) is 38.1 Å². The molecule has 1 aromatic carbocycles. The predicted octanol–water partition coefficient (Wildman–Crippen LogP) is 2.41. The lowest BCUT2D eigenvalue weighted by Crippen LogP contribution is -2.19. The molecule has 0 radical (unpaired) electrons. The molecule has 0 aliphatic carbocycles. The van der Waals surface area contributed by atoms with Crippen LogP contribution in [0.4, 0.5) is 11.4 Å². The number of carbonyl (C=O) groups is 1. The number of benzene rings is 1. The van der Waals surface area contributed by atoms with E-state index in [0.717, 1.165) is 10.9 Å². The summed E-state index contributed by atoms with van der Waals surface area (Å²) in [5, 5.41) is 3.71. The first kappa shape index (κ1) is 11.4. The van der Waals surface area contributed by atoms with Crippen LogP contribution in [0, 0.1) is 5.92 Å². The molecule has 4 nitrogen and oxygen atoms in total. The zero-order chi connectivity index (χ0) is 12.4. The van der Waals surface area contributed by atoms with Gasteiger partial charge in [0.1, 0.15) is 0 Å².